The summed E-state index contributed by atoms with van der Waals surface area (Å²) in [6.45, 7) is 1.91. The summed E-state index contributed by atoms with van der Waals surface area (Å²) in [6, 6.07) is 13.4. The maximum absolute atomic E-state index is 14.3. The molecule has 0 saturated heterocycles. The van der Waals surface area contributed by atoms with Crippen LogP contribution in [0, 0.1) is 11.6 Å². The van der Waals surface area contributed by atoms with Gasteiger partial charge in [-0.1, -0.05) is 30.3 Å². The first-order chi connectivity index (χ1) is 14.0. The summed E-state index contributed by atoms with van der Waals surface area (Å²) < 4.78 is 28.0. The zero-order chi connectivity index (χ0) is 20.5. The highest BCUT2D eigenvalue weighted by molar-refractivity contribution is 6.13. The summed E-state index contributed by atoms with van der Waals surface area (Å²) in [4.78, 5) is 4.25. The van der Waals surface area contributed by atoms with Crippen LogP contribution >= 0.6 is 0 Å². The van der Waals surface area contributed by atoms with E-state index in [9.17, 15) is 8.78 Å². The van der Waals surface area contributed by atoms with Gasteiger partial charge in [-0.2, -0.15) is 0 Å². The van der Waals surface area contributed by atoms with E-state index in [2.05, 4.69) is 21.2 Å². The molecule has 6 N–H and O–H groups in total. The minimum absolute atomic E-state index is 0.0418. The summed E-state index contributed by atoms with van der Waals surface area (Å²) in [5.74, 6) is -1.52. The van der Waals surface area contributed by atoms with Crippen molar-refractivity contribution < 1.29 is 8.78 Å². The first kappa shape index (κ1) is 18.8. The van der Waals surface area contributed by atoms with Gasteiger partial charge in [-0.25, -0.2) is 24.3 Å². The molecule has 1 atom stereocenters. The monoisotopic (exact) mass is 395 g/mol. The van der Waals surface area contributed by atoms with Gasteiger partial charge in [0.1, 0.15) is 11.5 Å². The lowest BCUT2D eigenvalue weighted by atomic mass is 10.0. The minimum Gasteiger partial charge on any atom is -0.383 e. The summed E-state index contributed by atoms with van der Waals surface area (Å²) in [5.41, 5.74) is 20.3. The maximum atomic E-state index is 14.3. The van der Waals surface area contributed by atoms with Crippen molar-refractivity contribution in [2.45, 2.75) is 13.0 Å². The third kappa shape index (κ3) is 3.48. The SMILES string of the molecule is C[C@@H](N)c1ccc(-c2cnc(N)c(C3=NNNN3c3cccc(F)c3F)c2)cc1. The molecule has 0 aliphatic carbocycles. The van der Waals surface area contributed by atoms with E-state index >= 15 is 0 Å². The van der Waals surface area contributed by atoms with E-state index in [1.165, 1.54) is 17.1 Å². The van der Waals surface area contributed by atoms with E-state index in [1.54, 1.807) is 12.3 Å². The smallest absolute Gasteiger partial charge is 0.184 e. The number of pyridine rings is 1. The number of halogens is 2. The van der Waals surface area contributed by atoms with Gasteiger partial charge in [0, 0.05) is 17.8 Å². The molecule has 9 heteroatoms. The average Bonchev–Trinajstić information content (AvgIpc) is 3.20. The van der Waals surface area contributed by atoms with Gasteiger partial charge in [0.25, 0.3) is 0 Å². The fraction of sp³-hybridized carbons (Fsp3) is 0.100. The largest absolute Gasteiger partial charge is 0.383 e. The Morgan fingerprint density at radius 1 is 1.07 bits per heavy atom. The molecule has 2 aromatic carbocycles. The number of amidine groups is 1. The van der Waals surface area contributed by atoms with Crippen LogP contribution < -0.4 is 27.5 Å². The number of hydrazone groups is 1. The number of nitrogens with zero attached hydrogens (tertiary/aromatic N) is 3. The Morgan fingerprint density at radius 3 is 2.55 bits per heavy atom. The molecule has 0 fully saturated rings. The van der Waals surface area contributed by atoms with Gasteiger partial charge in [0.05, 0.1) is 5.56 Å². The number of hydrogen-bond donors (Lipinski definition) is 4. The van der Waals surface area contributed by atoms with Crippen molar-refractivity contribution in [1.82, 2.24) is 16.1 Å². The number of hydrogen-bond acceptors (Lipinski definition) is 7. The number of nitrogens with two attached hydrogens (primary N) is 2. The van der Waals surface area contributed by atoms with Crippen molar-refractivity contribution in [3.8, 4) is 11.1 Å². The third-order valence-electron chi connectivity index (χ3n) is 4.64. The fourth-order valence-electron chi connectivity index (χ4n) is 3.04. The molecule has 148 valence electrons. The topological polar surface area (TPSA) is 105 Å². The number of anilines is 2. The van der Waals surface area contributed by atoms with Crippen molar-refractivity contribution in [2.24, 2.45) is 10.8 Å². The van der Waals surface area contributed by atoms with Crippen LogP contribution in [0.25, 0.3) is 11.1 Å². The van der Waals surface area contributed by atoms with Gasteiger partial charge in [-0.3, -0.25) is 0 Å². The number of nitrogens with one attached hydrogen (secondary N) is 2. The summed E-state index contributed by atoms with van der Waals surface area (Å²) in [5, 5.41) is 5.40. The number of nitrogen functional groups attached to an aromatic ring is 1. The number of benzene rings is 2. The van der Waals surface area contributed by atoms with Crippen LogP contribution in [0.2, 0.25) is 0 Å². The highest BCUT2D eigenvalue weighted by Crippen LogP contribution is 2.28. The molecule has 0 saturated carbocycles. The van der Waals surface area contributed by atoms with Crippen molar-refractivity contribution in [3.05, 3.63) is 77.5 Å². The second kappa shape index (κ2) is 7.46. The van der Waals surface area contributed by atoms with E-state index in [1.807, 2.05) is 31.2 Å². The van der Waals surface area contributed by atoms with Gasteiger partial charge in [-0.05, 0) is 36.2 Å². The van der Waals surface area contributed by atoms with Gasteiger partial charge in [0.15, 0.2) is 17.5 Å². The number of hydrazine groups is 2. The Morgan fingerprint density at radius 2 is 1.83 bits per heavy atom. The number of rotatable bonds is 4. The molecule has 0 bridgehead atoms. The molecule has 0 unspecified atom stereocenters. The van der Waals surface area contributed by atoms with E-state index < -0.39 is 11.6 Å². The molecular formula is C20H19F2N7. The predicted molar refractivity (Wildman–Crippen MR) is 108 cm³/mol. The predicted octanol–water partition coefficient (Wildman–Crippen LogP) is 2.82. The molecule has 1 aliphatic heterocycles. The van der Waals surface area contributed by atoms with Crippen LogP contribution in [0.4, 0.5) is 20.3 Å². The highest BCUT2D eigenvalue weighted by atomic mass is 19.2. The molecule has 29 heavy (non-hydrogen) atoms. The minimum atomic E-state index is -1.01. The second-order valence-electron chi connectivity index (χ2n) is 6.63. The first-order valence-electron chi connectivity index (χ1n) is 8.90. The maximum Gasteiger partial charge on any atom is 0.184 e. The normalized spacial score (nSPS) is 14.5. The standard InChI is InChI=1S/C20H19F2N7/c1-11(23)12-5-7-13(8-6-12)14-9-15(19(24)25-10-14)20-26-27-28-29(20)17-4-2-3-16(21)18(17)22/h2-11,27-28H,23H2,1H3,(H2,24,25)/t11-/m1/s1. The van der Waals surface area contributed by atoms with E-state index in [-0.39, 0.29) is 23.4 Å². The van der Waals surface area contributed by atoms with E-state index in [4.69, 9.17) is 11.5 Å². The van der Waals surface area contributed by atoms with Crippen LogP contribution in [0.15, 0.2) is 59.8 Å². The Labute approximate surface area is 166 Å². The Balaban J connectivity index is 1.73. The Kier molecular flexibility index (Phi) is 4.83. The lowest BCUT2D eigenvalue weighted by Crippen LogP contribution is -2.42. The fourth-order valence-corrected chi connectivity index (χ4v) is 3.04. The molecule has 1 aromatic heterocycles. The third-order valence-corrected chi connectivity index (χ3v) is 4.64. The first-order valence-corrected chi connectivity index (χ1v) is 8.90. The van der Waals surface area contributed by atoms with E-state index in [0.29, 0.717) is 5.56 Å². The molecule has 0 spiro atoms. The van der Waals surface area contributed by atoms with Gasteiger partial charge in [-0.15, -0.1) is 10.6 Å². The van der Waals surface area contributed by atoms with Crippen molar-refractivity contribution >= 4 is 17.3 Å². The van der Waals surface area contributed by atoms with Crippen molar-refractivity contribution in [1.29, 1.82) is 0 Å². The highest BCUT2D eigenvalue weighted by Gasteiger charge is 2.26. The lowest BCUT2D eigenvalue weighted by molar-refractivity contribution is 0.504. The van der Waals surface area contributed by atoms with E-state index in [0.717, 1.165) is 22.8 Å². The summed E-state index contributed by atoms with van der Waals surface area (Å²) in [7, 11) is 0. The van der Waals surface area contributed by atoms with Gasteiger partial charge >= 0.3 is 0 Å². The van der Waals surface area contributed by atoms with Crippen LogP contribution in [-0.4, -0.2) is 10.8 Å². The molecule has 3 aromatic rings. The molecular weight excluding hydrogens is 376 g/mol. The quantitative estimate of drug-likeness (QED) is 0.542. The average molecular weight is 395 g/mol. The zero-order valence-corrected chi connectivity index (χ0v) is 15.5. The van der Waals surface area contributed by atoms with Gasteiger partial charge < -0.3 is 11.5 Å². The summed E-state index contributed by atoms with van der Waals surface area (Å²) in [6.07, 6.45) is 1.64. The number of aromatic nitrogens is 1. The van der Waals surface area contributed by atoms with Crippen LogP contribution in [0.3, 0.4) is 0 Å². The van der Waals surface area contributed by atoms with Crippen LogP contribution in [-0.2, 0) is 0 Å². The Bertz CT molecular complexity index is 1080. The van der Waals surface area contributed by atoms with Crippen molar-refractivity contribution in [3.63, 3.8) is 0 Å². The molecule has 1 aliphatic rings. The Hall–Kier alpha value is -3.56. The van der Waals surface area contributed by atoms with Gasteiger partial charge in [0.2, 0.25) is 0 Å². The summed E-state index contributed by atoms with van der Waals surface area (Å²) >= 11 is 0. The zero-order valence-electron chi connectivity index (χ0n) is 15.5. The molecule has 7 nitrogen and oxygen atoms in total. The van der Waals surface area contributed by atoms with Crippen LogP contribution in [0.1, 0.15) is 24.1 Å². The molecule has 2 heterocycles. The van der Waals surface area contributed by atoms with Crippen molar-refractivity contribution in [2.75, 3.05) is 10.7 Å². The van der Waals surface area contributed by atoms with Crippen LogP contribution in [0.5, 0.6) is 0 Å². The second-order valence-corrected chi connectivity index (χ2v) is 6.63. The lowest BCUT2D eigenvalue weighted by Gasteiger charge is -2.20. The molecule has 0 radical (unpaired) electrons. The molecule has 4 rings (SSSR count). The molecule has 0 amide bonds.